The molecule has 0 amide bonds. The number of hydrogen-bond donors (Lipinski definition) is 4. The zero-order chi connectivity index (χ0) is 4.99. The Morgan fingerprint density at radius 1 is 1.43 bits per heavy atom. The predicted octanol–water partition coefficient (Wildman–Crippen LogP) is -4.44. The molecule has 0 spiro atoms. The van der Waals surface area contributed by atoms with Crippen LogP contribution in [0.1, 0.15) is 0 Å². The van der Waals surface area contributed by atoms with Crippen LogP contribution in [0.3, 0.4) is 0 Å². The van der Waals surface area contributed by atoms with Gasteiger partial charge in [0, 0.05) is 0 Å². The van der Waals surface area contributed by atoms with E-state index in [1.165, 1.54) is 0 Å². The van der Waals surface area contributed by atoms with Crippen LogP contribution in [0, 0.1) is 0 Å². The molecule has 2 N–H and O–H groups in total. The minimum atomic E-state index is 0. The van der Waals surface area contributed by atoms with Crippen LogP contribution >= 0.6 is 25.6 Å². The van der Waals surface area contributed by atoms with Gasteiger partial charge in [0.1, 0.15) is 6.54 Å². The highest BCUT2D eigenvalue weighted by Gasteiger charge is 1.88. The number of hydrogen-bond acceptors (Lipinski definition) is 3. The maximum atomic E-state index is 8.12. The Labute approximate surface area is 64.8 Å². The second-order valence-corrected chi connectivity index (χ2v) is 2.32. The van der Waals surface area contributed by atoms with Crippen molar-refractivity contribution in [3.8, 4) is 0 Å². The average molecular weight is 206 g/mol. The van der Waals surface area contributed by atoms with Crippen LogP contribution in [0.4, 0.5) is 0 Å². The van der Waals surface area contributed by atoms with Gasteiger partial charge in [-0.1, -0.05) is 0 Å². The van der Waals surface area contributed by atoms with Crippen LogP contribution < -0.4 is 20.7 Å². The number of nitrogens with one attached hydrogen (secondary N) is 1. The van der Waals surface area contributed by atoms with Crippen molar-refractivity contribution in [2.24, 2.45) is 0 Å². The average Bonchev–Trinajstić information content (AvgIpc) is 1.35. The second kappa shape index (κ2) is 7.10. The molecule has 0 aliphatic heterocycles. The first-order valence-corrected chi connectivity index (χ1v) is 2.51. The van der Waals surface area contributed by atoms with Crippen LogP contribution in [0.5, 0.6) is 0 Å². The molecule has 0 saturated carbocycles. The monoisotopic (exact) mass is 205 g/mol. The molecule has 0 saturated heterocycles. The van der Waals surface area contributed by atoms with Crippen molar-refractivity contribution in [1.82, 2.24) is 0 Å². The molecule has 0 aromatic rings. The largest absolute Gasteiger partial charge is 1.00 e. The summed E-state index contributed by atoms with van der Waals surface area (Å²) in [5.41, 5.74) is 0. The quantitative estimate of drug-likeness (QED) is 0.337. The van der Waals surface area contributed by atoms with E-state index in [4.69, 9.17) is 5.11 Å². The predicted molar refractivity (Wildman–Crippen MR) is 30.9 cm³/mol. The zero-order valence-corrected chi connectivity index (χ0v) is 7.01. The van der Waals surface area contributed by atoms with Crippen LogP contribution in [0.15, 0.2) is 0 Å². The molecular formula is C2H8BrNOS2. The molecule has 46 valence electrons. The van der Waals surface area contributed by atoms with E-state index in [9.17, 15) is 0 Å². The third kappa shape index (κ3) is 11.0. The van der Waals surface area contributed by atoms with Crippen molar-refractivity contribution in [1.29, 1.82) is 0 Å². The smallest absolute Gasteiger partial charge is 0.121 e. The van der Waals surface area contributed by atoms with Crippen LogP contribution in [0.25, 0.3) is 0 Å². The normalized spacial score (nSPS) is 8.57. The molecule has 0 bridgehead atoms. The Kier molecular flexibility index (Phi) is 11.1. The summed E-state index contributed by atoms with van der Waals surface area (Å²) in [5.74, 6) is 0. The molecule has 0 aliphatic carbocycles. The van der Waals surface area contributed by atoms with E-state index in [1.807, 2.05) is 0 Å². The highest BCUT2D eigenvalue weighted by atomic mass is 79.9. The number of aliphatic hydroxyl groups excluding tert-OH is 1. The fourth-order valence-electron chi connectivity index (χ4n) is 0.1000. The molecule has 0 heterocycles. The first kappa shape index (κ1) is 11.0. The van der Waals surface area contributed by atoms with E-state index in [0.717, 1.165) is 0 Å². The molecule has 7 heavy (non-hydrogen) atoms. The van der Waals surface area contributed by atoms with Gasteiger partial charge in [0.25, 0.3) is 0 Å². The topological polar surface area (TPSA) is 24.7 Å². The van der Waals surface area contributed by atoms with Gasteiger partial charge in [-0.25, -0.2) is 3.71 Å². The SMILES string of the molecule is OCC[NH+](S)S.[Br-]. The van der Waals surface area contributed by atoms with Crippen LogP contribution in [0.2, 0.25) is 0 Å². The zero-order valence-electron chi connectivity index (χ0n) is 3.63. The van der Waals surface area contributed by atoms with Crippen molar-refractivity contribution in [3.63, 3.8) is 0 Å². The van der Waals surface area contributed by atoms with Gasteiger partial charge in [-0.3, -0.25) is 0 Å². The van der Waals surface area contributed by atoms with E-state index in [0.29, 0.717) is 10.3 Å². The van der Waals surface area contributed by atoms with Crippen LogP contribution in [-0.4, -0.2) is 18.3 Å². The summed E-state index contributed by atoms with van der Waals surface area (Å²) in [7, 11) is 0. The lowest BCUT2D eigenvalue weighted by Gasteiger charge is -1.95. The summed E-state index contributed by atoms with van der Waals surface area (Å²) in [6.45, 7) is 0.717. The summed E-state index contributed by atoms with van der Waals surface area (Å²) >= 11 is 7.60. The fourth-order valence-corrected chi connectivity index (χ4v) is 0.300. The van der Waals surface area contributed by atoms with Gasteiger partial charge in [0.05, 0.1) is 32.2 Å². The van der Waals surface area contributed by atoms with E-state index in [1.54, 1.807) is 0 Å². The standard InChI is InChI=1S/C2H7NOS2.BrH/c4-2-1-3(5)6;/h4-6H,1-2H2;1H. The molecule has 0 aliphatic rings. The van der Waals surface area contributed by atoms with Crippen molar-refractivity contribution < 1.29 is 25.8 Å². The summed E-state index contributed by atoms with van der Waals surface area (Å²) in [6.07, 6.45) is 0. The third-order valence-corrected chi connectivity index (χ3v) is 0.783. The molecule has 0 aromatic carbocycles. The van der Waals surface area contributed by atoms with Gasteiger partial charge in [0.2, 0.25) is 0 Å². The molecule has 0 aromatic heterocycles. The first-order chi connectivity index (χ1) is 2.77. The Hall–Kier alpha value is 1.10. The first-order valence-electron chi connectivity index (χ1n) is 1.62. The molecule has 5 heteroatoms. The molecule has 0 radical (unpaired) electrons. The van der Waals surface area contributed by atoms with Crippen molar-refractivity contribution in [2.45, 2.75) is 0 Å². The number of halogens is 1. The summed E-state index contributed by atoms with van der Waals surface area (Å²) < 4.78 is 0.678. The van der Waals surface area contributed by atoms with Crippen LogP contribution in [-0.2, 0) is 0 Å². The van der Waals surface area contributed by atoms with E-state index < -0.39 is 0 Å². The Bertz CT molecular complexity index is 36.9. The minimum absolute atomic E-state index is 0. The lowest BCUT2D eigenvalue weighted by Crippen LogP contribution is -3.00. The maximum absolute atomic E-state index is 8.12. The Morgan fingerprint density at radius 3 is 1.86 bits per heavy atom. The Balaban J connectivity index is 0. The highest BCUT2D eigenvalue weighted by Crippen LogP contribution is 1.52. The molecule has 0 unspecified atom stereocenters. The van der Waals surface area contributed by atoms with E-state index in [2.05, 4.69) is 25.6 Å². The van der Waals surface area contributed by atoms with Gasteiger partial charge in [-0.15, -0.1) is 0 Å². The molecular weight excluding hydrogens is 198 g/mol. The minimum Gasteiger partial charge on any atom is -1.00 e. The van der Waals surface area contributed by atoms with Crippen molar-refractivity contribution >= 4 is 25.6 Å². The van der Waals surface area contributed by atoms with E-state index >= 15 is 0 Å². The van der Waals surface area contributed by atoms with Gasteiger partial charge in [-0.05, 0) is 0 Å². The number of aliphatic hydroxyl groups is 1. The van der Waals surface area contributed by atoms with Gasteiger partial charge in [-0.2, -0.15) is 0 Å². The fraction of sp³-hybridized carbons (Fsp3) is 1.00. The lowest BCUT2D eigenvalue weighted by molar-refractivity contribution is -0.583. The summed E-state index contributed by atoms with van der Waals surface area (Å²) in [4.78, 5) is 0. The second-order valence-electron chi connectivity index (χ2n) is 0.890. The summed E-state index contributed by atoms with van der Waals surface area (Å²) in [5, 5.41) is 8.12. The van der Waals surface area contributed by atoms with Gasteiger partial charge < -0.3 is 22.1 Å². The van der Waals surface area contributed by atoms with Crippen molar-refractivity contribution in [3.05, 3.63) is 0 Å². The molecule has 0 fully saturated rings. The summed E-state index contributed by atoms with van der Waals surface area (Å²) in [6, 6.07) is 0. The Morgan fingerprint density at radius 2 is 1.86 bits per heavy atom. The highest BCUT2D eigenvalue weighted by molar-refractivity contribution is 7.85. The molecule has 0 atom stereocenters. The third-order valence-electron chi connectivity index (χ3n) is 0.335. The number of thiol groups is 2. The lowest BCUT2D eigenvalue weighted by atomic mass is 10.8. The van der Waals surface area contributed by atoms with Gasteiger partial charge >= 0.3 is 0 Å². The molecule has 0 rings (SSSR count). The number of quaternary nitrogens is 1. The maximum Gasteiger partial charge on any atom is 0.121 e. The number of rotatable bonds is 2. The van der Waals surface area contributed by atoms with Gasteiger partial charge in [0.15, 0.2) is 0 Å². The van der Waals surface area contributed by atoms with E-state index in [-0.39, 0.29) is 23.6 Å². The molecule has 2 nitrogen and oxygen atoms in total. The van der Waals surface area contributed by atoms with Crippen molar-refractivity contribution in [2.75, 3.05) is 13.2 Å².